The summed E-state index contributed by atoms with van der Waals surface area (Å²) in [5.41, 5.74) is 4.41. The van der Waals surface area contributed by atoms with Gasteiger partial charge in [-0.05, 0) is 57.5 Å². The number of likely N-dealkylation sites (tertiary alicyclic amines) is 1. The summed E-state index contributed by atoms with van der Waals surface area (Å²) in [6, 6.07) is 10.5. The summed E-state index contributed by atoms with van der Waals surface area (Å²) in [4.78, 5) is 2.46. The number of aromatic nitrogens is 3. The maximum Gasteiger partial charge on any atom is 0.133 e. The molecule has 1 atom stereocenters. The minimum Gasteiger partial charge on any atom is -0.494 e. The Morgan fingerprint density at radius 3 is 2.88 bits per heavy atom. The van der Waals surface area contributed by atoms with Crippen molar-refractivity contribution in [2.24, 2.45) is 0 Å². The van der Waals surface area contributed by atoms with Crippen molar-refractivity contribution in [2.45, 2.75) is 39.3 Å². The summed E-state index contributed by atoms with van der Waals surface area (Å²) in [6.07, 6.45) is 4.21. The van der Waals surface area contributed by atoms with Gasteiger partial charge < -0.3 is 9.26 Å². The van der Waals surface area contributed by atoms with E-state index in [1.54, 1.807) is 0 Å². The zero-order chi connectivity index (χ0) is 17.9. The lowest BCUT2D eigenvalue weighted by Gasteiger charge is -2.22. The molecule has 1 saturated heterocycles. The van der Waals surface area contributed by atoms with Crippen LogP contribution < -0.4 is 4.74 Å². The molecule has 2 aromatic heterocycles. The number of nitrogens with one attached hydrogen (secondary N) is 1. The van der Waals surface area contributed by atoms with E-state index in [9.17, 15) is 0 Å². The summed E-state index contributed by atoms with van der Waals surface area (Å²) < 4.78 is 10.8. The van der Waals surface area contributed by atoms with E-state index in [-0.39, 0.29) is 0 Å². The predicted molar refractivity (Wildman–Crippen MR) is 98.8 cm³/mol. The Bertz CT molecular complexity index is 853. The van der Waals surface area contributed by atoms with Gasteiger partial charge in [-0.2, -0.15) is 5.10 Å². The van der Waals surface area contributed by atoms with Gasteiger partial charge in [-0.15, -0.1) is 0 Å². The summed E-state index contributed by atoms with van der Waals surface area (Å²) >= 11 is 0. The van der Waals surface area contributed by atoms with Gasteiger partial charge in [0.25, 0.3) is 0 Å². The maximum atomic E-state index is 5.53. The Morgan fingerprint density at radius 1 is 1.31 bits per heavy atom. The lowest BCUT2D eigenvalue weighted by molar-refractivity contribution is 0.237. The molecule has 1 aliphatic rings. The standard InChI is InChI=1S/C20H24N4O2/c1-3-25-17-8-6-15(7-9-17)20-16(12-21-22-20)13-24-10-4-5-19(24)18-11-14(2)26-23-18/h6-9,11-12,19H,3-5,10,13H2,1-2H3,(H,21,22)/t19-/m1/s1. The number of hydrogen-bond donors (Lipinski definition) is 1. The average molecular weight is 352 g/mol. The summed E-state index contributed by atoms with van der Waals surface area (Å²) in [6.45, 7) is 6.51. The molecule has 3 aromatic rings. The molecule has 0 unspecified atom stereocenters. The first kappa shape index (κ1) is 16.8. The van der Waals surface area contributed by atoms with Gasteiger partial charge >= 0.3 is 0 Å². The highest BCUT2D eigenvalue weighted by Crippen LogP contribution is 2.34. The molecule has 0 aliphatic carbocycles. The van der Waals surface area contributed by atoms with Crippen LogP contribution in [0.15, 0.2) is 41.1 Å². The Morgan fingerprint density at radius 2 is 2.15 bits per heavy atom. The Balaban J connectivity index is 1.53. The van der Waals surface area contributed by atoms with E-state index in [1.165, 1.54) is 12.0 Å². The van der Waals surface area contributed by atoms with E-state index in [0.29, 0.717) is 12.6 Å². The second kappa shape index (κ2) is 7.33. The van der Waals surface area contributed by atoms with E-state index < -0.39 is 0 Å². The van der Waals surface area contributed by atoms with Crippen molar-refractivity contribution in [1.29, 1.82) is 0 Å². The fourth-order valence-corrected chi connectivity index (χ4v) is 3.68. The van der Waals surface area contributed by atoms with Crippen LogP contribution in [0.25, 0.3) is 11.3 Å². The SMILES string of the molecule is CCOc1ccc(-c2[nH]ncc2CN2CCC[C@@H]2c2cc(C)on2)cc1. The van der Waals surface area contributed by atoms with Gasteiger partial charge in [-0.25, -0.2) is 0 Å². The number of nitrogens with zero attached hydrogens (tertiary/aromatic N) is 3. The number of aryl methyl sites for hydroxylation is 1. The van der Waals surface area contributed by atoms with Gasteiger partial charge in [-0.3, -0.25) is 10.00 Å². The van der Waals surface area contributed by atoms with E-state index in [2.05, 4.69) is 32.4 Å². The fourth-order valence-electron chi connectivity index (χ4n) is 3.68. The lowest BCUT2D eigenvalue weighted by Crippen LogP contribution is -2.23. The van der Waals surface area contributed by atoms with Gasteiger partial charge in [0, 0.05) is 23.7 Å². The number of benzene rings is 1. The zero-order valence-corrected chi connectivity index (χ0v) is 15.2. The van der Waals surface area contributed by atoms with Gasteiger partial charge in [0.15, 0.2) is 0 Å². The number of H-pyrrole nitrogens is 1. The van der Waals surface area contributed by atoms with Crippen LogP contribution in [0.4, 0.5) is 0 Å². The second-order valence-corrected chi connectivity index (χ2v) is 6.72. The molecule has 0 bridgehead atoms. The number of rotatable bonds is 6. The molecule has 0 saturated carbocycles. The minimum absolute atomic E-state index is 0.315. The molecule has 1 N–H and O–H groups in total. The molecule has 4 rings (SSSR count). The third-order valence-corrected chi connectivity index (χ3v) is 4.90. The first-order chi connectivity index (χ1) is 12.7. The molecule has 1 fully saturated rings. The Kier molecular flexibility index (Phi) is 4.75. The normalized spacial score (nSPS) is 17.7. The van der Waals surface area contributed by atoms with Crippen LogP contribution in [0.2, 0.25) is 0 Å². The molecule has 0 radical (unpaired) electrons. The second-order valence-electron chi connectivity index (χ2n) is 6.72. The molecule has 6 nitrogen and oxygen atoms in total. The number of ether oxygens (including phenoxy) is 1. The monoisotopic (exact) mass is 352 g/mol. The first-order valence-corrected chi connectivity index (χ1v) is 9.17. The van der Waals surface area contributed by atoms with E-state index >= 15 is 0 Å². The summed E-state index contributed by atoms with van der Waals surface area (Å²) in [7, 11) is 0. The van der Waals surface area contributed by atoms with Gasteiger partial charge in [0.05, 0.1) is 24.5 Å². The molecule has 6 heteroatoms. The zero-order valence-electron chi connectivity index (χ0n) is 15.2. The van der Waals surface area contributed by atoms with E-state index in [0.717, 1.165) is 48.0 Å². The van der Waals surface area contributed by atoms with Crippen molar-refractivity contribution in [3.63, 3.8) is 0 Å². The molecule has 0 amide bonds. The first-order valence-electron chi connectivity index (χ1n) is 9.17. The Labute approximate surface area is 153 Å². The van der Waals surface area contributed by atoms with Gasteiger partial charge in [-0.1, -0.05) is 5.16 Å². The van der Waals surface area contributed by atoms with Crippen LogP contribution in [0.3, 0.4) is 0 Å². The van der Waals surface area contributed by atoms with Crippen LogP contribution in [0, 0.1) is 6.92 Å². The van der Waals surface area contributed by atoms with Crippen LogP contribution in [-0.2, 0) is 6.54 Å². The third-order valence-electron chi connectivity index (χ3n) is 4.90. The van der Waals surface area contributed by atoms with Crippen LogP contribution >= 0.6 is 0 Å². The van der Waals surface area contributed by atoms with Crippen LogP contribution in [-0.4, -0.2) is 33.4 Å². The lowest BCUT2D eigenvalue weighted by atomic mass is 10.1. The van der Waals surface area contributed by atoms with Crippen molar-refractivity contribution in [2.75, 3.05) is 13.2 Å². The number of hydrogen-bond acceptors (Lipinski definition) is 5. The third kappa shape index (κ3) is 3.37. The molecule has 0 spiro atoms. The summed E-state index contributed by atoms with van der Waals surface area (Å²) in [5, 5.41) is 11.7. The topological polar surface area (TPSA) is 67.2 Å². The van der Waals surface area contributed by atoms with E-state index in [4.69, 9.17) is 9.26 Å². The summed E-state index contributed by atoms with van der Waals surface area (Å²) in [5.74, 6) is 1.75. The molecular weight excluding hydrogens is 328 g/mol. The van der Waals surface area contributed by atoms with Crippen LogP contribution in [0.1, 0.15) is 42.8 Å². The van der Waals surface area contributed by atoms with Crippen molar-refractivity contribution in [3.05, 3.63) is 53.5 Å². The highest BCUT2D eigenvalue weighted by Gasteiger charge is 2.29. The molecule has 136 valence electrons. The van der Waals surface area contributed by atoms with Crippen molar-refractivity contribution in [3.8, 4) is 17.0 Å². The van der Waals surface area contributed by atoms with Crippen LogP contribution in [0.5, 0.6) is 5.75 Å². The van der Waals surface area contributed by atoms with Crippen molar-refractivity contribution >= 4 is 0 Å². The molecule has 1 aliphatic heterocycles. The maximum absolute atomic E-state index is 5.53. The molecular formula is C20H24N4O2. The fraction of sp³-hybridized carbons (Fsp3) is 0.400. The smallest absolute Gasteiger partial charge is 0.133 e. The molecule has 3 heterocycles. The van der Waals surface area contributed by atoms with E-state index in [1.807, 2.05) is 38.2 Å². The van der Waals surface area contributed by atoms with Gasteiger partial charge in [0.2, 0.25) is 0 Å². The highest BCUT2D eigenvalue weighted by molar-refractivity contribution is 5.63. The van der Waals surface area contributed by atoms with Crippen molar-refractivity contribution in [1.82, 2.24) is 20.3 Å². The quantitative estimate of drug-likeness (QED) is 0.723. The molecule has 26 heavy (non-hydrogen) atoms. The average Bonchev–Trinajstić information content (AvgIpc) is 3.37. The largest absolute Gasteiger partial charge is 0.494 e. The van der Waals surface area contributed by atoms with Crippen molar-refractivity contribution < 1.29 is 9.26 Å². The predicted octanol–water partition coefficient (Wildman–Crippen LogP) is 4.11. The Hall–Kier alpha value is -2.60. The molecule has 1 aromatic carbocycles. The highest BCUT2D eigenvalue weighted by atomic mass is 16.5. The minimum atomic E-state index is 0.315. The van der Waals surface area contributed by atoms with Gasteiger partial charge in [0.1, 0.15) is 17.2 Å². The number of aromatic amines is 1.